The maximum atomic E-state index is 12.3. The van der Waals surface area contributed by atoms with Gasteiger partial charge in [0.2, 0.25) is 10.0 Å². The molecule has 0 aliphatic carbocycles. The van der Waals surface area contributed by atoms with Gasteiger partial charge in [-0.2, -0.15) is 4.31 Å². The van der Waals surface area contributed by atoms with Crippen molar-refractivity contribution >= 4 is 27.3 Å². The smallest absolute Gasteiger partial charge is 0.245 e. The van der Waals surface area contributed by atoms with E-state index < -0.39 is 10.0 Å². The fraction of sp³-hybridized carbons (Fsp3) is 0.455. The van der Waals surface area contributed by atoms with Crippen LogP contribution in [0.1, 0.15) is 19.3 Å². The number of hydrogen-bond donors (Lipinski definition) is 1. The minimum Gasteiger partial charge on any atom is -0.398 e. The van der Waals surface area contributed by atoms with Gasteiger partial charge in [-0.3, -0.25) is 0 Å². The summed E-state index contributed by atoms with van der Waals surface area (Å²) in [5.74, 6) is 0. The Kier molecular flexibility index (Phi) is 3.61. The third-order valence-corrected chi connectivity index (χ3v) is 5.11. The van der Waals surface area contributed by atoms with Gasteiger partial charge in [0.05, 0.1) is 5.69 Å². The van der Waals surface area contributed by atoms with Crippen LogP contribution in [0.15, 0.2) is 23.1 Å². The van der Waals surface area contributed by atoms with Crippen LogP contribution in [0.4, 0.5) is 5.69 Å². The average molecular weight is 275 g/mol. The number of nitrogen functional groups attached to an aromatic ring is 1. The van der Waals surface area contributed by atoms with Crippen molar-refractivity contribution in [1.82, 2.24) is 4.31 Å². The van der Waals surface area contributed by atoms with Crippen molar-refractivity contribution in [2.75, 3.05) is 18.8 Å². The average Bonchev–Trinajstić information content (AvgIpc) is 2.29. The molecule has 1 aliphatic heterocycles. The number of piperidine rings is 1. The molecule has 0 atom stereocenters. The molecule has 1 aromatic carbocycles. The number of sulfonamides is 1. The largest absolute Gasteiger partial charge is 0.398 e. The van der Waals surface area contributed by atoms with Crippen LogP contribution in [0, 0.1) is 0 Å². The van der Waals surface area contributed by atoms with E-state index in [1.54, 1.807) is 6.07 Å². The SMILES string of the molecule is Nc1cc(Cl)ccc1S(=O)(=O)N1CCCCC1. The Morgan fingerprint density at radius 3 is 2.41 bits per heavy atom. The molecule has 0 spiro atoms. The van der Waals surface area contributed by atoms with Crippen LogP contribution in [0.25, 0.3) is 0 Å². The van der Waals surface area contributed by atoms with Crippen LogP contribution in [0.5, 0.6) is 0 Å². The van der Waals surface area contributed by atoms with Crippen molar-refractivity contribution in [2.45, 2.75) is 24.2 Å². The van der Waals surface area contributed by atoms with Gasteiger partial charge in [-0.15, -0.1) is 0 Å². The molecule has 0 saturated carbocycles. The quantitative estimate of drug-likeness (QED) is 0.840. The molecule has 2 rings (SSSR count). The van der Waals surface area contributed by atoms with E-state index in [2.05, 4.69) is 0 Å². The molecule has 1 heterocycles. The summed E-state index contributed by atoms with van der Waals surface area (Å²) in [4.78, 5) is 0.156. The Labute approximate surface area is 106 Å². The van der Waals surface area contributed by atoms with Gasteiger partial charge in [0.25, 0.3) is 0 Å². The lowest BCUT2D eigenvalue weighted by molar-refractivity contribution is 0.347. The van der Waals surface area contributed by atoms with Gasteiger partial charge in [0.15, 0.2) is 0 Å². The van der Waals surface area contributed by atoms with Crippen molar-refractivity contribution in [3.63, 3.8) is 0 Å². The van der Waals surface area contributed by atoms with E-state index in [-0.39, 0.29) is 10.6 Å². The third kappa shape index (κ3) is 2.56. The van der Waals surface area contributed by atoms with Gasteiger partial charge in [-0.05, 0) is 31.0 Å². The fourth-order valence-electron chi connectivity index (χ4n) is 2.00. The standard InChI is InChI=1S/C11H15ClN2O2S/c12-9-4-5-11(10(13)8-9)17(15,16)14-6-2-1-3-7-14/h4-5,8H,1-3,6-7,13H2. The molecule has 94 valence electrons. The lowest BCUT2D eigenvalue weighted by atomic mass is 10.2. The molecule has 2 N–H and O–H groups in total. The number of halogens is 1. The maximum Gasteiger partial charge on any atom is 0.245 e. The minimum atomic E-state index is -3.46. The molecule has 1 saturated heterocycles. The van der Waals surface area contributed by atoms with Crippen LogP contribution in [-0.2, 0) is 10.0 Å². The van der Waals surface area contributed by atoms with Crippen molar-refractivity contribution in [3.8, 4) is 0 Å². The number of hydrogen-bond acceptors (Lipinski definition) is 3. The predicted octanol–water partition coefficient (Wildman–Crippen LogP) is 2.10. The highest BCUT2D eigenvalue weighted by Crippen LogP contribution is 2.27. The zero-order valence-electron chi connectivity index (χ0n) is 9.39. The second-order valence-corrected chi connectivity index (χ2v) is 6.49. The maximum absolute atomic E-state index is 12.3. The van der Waals surface area contributed by atoms with Crippen molar-refractivity contribution in [1.29, 1.82) is 0 Å². The highest BCUT2D eigenvalue weighted by Gasteiger charge is 2.27. The summed E-state index contributed by atoms with van der Waals surface area (Å²) in [5, 5.41) is 0.445. The van der Waals surface area contributed by atoms with Crippen LogP contribution in [0.2, 0.25) is 5.02 Å². The molecule has 0 radical (unpaired) electrons. The summed E-state index contributed by atoms with van der Waals surface area (Å²) < 4.78 is 26.1. The Hall–Kier alpha value is -0.780. The number of nitrogens with zero attached hydrogens (tertiary/aromatic N) is 1. The molecule has 17 heavy (non-hydrogen) atoms. The summed E-state index contributed by atoms with van der Waals surface area (Å²) >= 11 is 5.76. The van der Waals surface area contributed by atoms with Gasteiger partial charge in [-0.1, -0.05) is 18.0 Å². The van der Waals surface area contributed by atoms with Gasteiger partial charge in [0.1, 0.15) is 4.90 Å². The molecule has 1 aliphatic rings. The van der Waals surface area contributed by atoms with E-state index >= 15 is 0 Å². The summed E-state index contributed by atoms with van der Waals surface area (Å²) in [6.07, 6.45) is 2.90. The second-order valence-electron chi connectivity index (χ2n) is 4.15. The highest BCUT2D eigenvalue weighted by molar-refractivity contribution is 7.89. The minimum absolute atomic E-state index is 0.156. The molecule has 0 unspecified atom stereocenters. The molecular formula is C11H15ClN2O2S. The highest BCUT2D eigenvalue weighted by atomic mass is 35.5. The van der Waals surface area contributed by atoms with E-state index in [9.17, 15) is 8.42 Å². The summed E-state index contributed by atoms with van der Waals surface area (Å²) in [5.41, 5.74) is 5.94. The Balaban J connectivity index is 2.37. The van der Waals surface area contributed by atoms with Gasteiger partial charge >= 0.3 is 0 Å². The molecule has 1 fully saturated rings. The first kappa shape index (κ1) is 12.7. The fourth-order valence-corrected chi connectivity index (χ4v) is 3.79. The van der Waals surface area contributed by atoms with Crippen molar-refractivity contribution < 1.29 is 8.42 Å². The number of anilines is 1. The molecular weight excluding hydrogens is 260 g/mol. The van der Waals surface area contributed by atoms with E-state index in [1.165, 1.54) is 16.4 Å². The third-order valence-electron chi connectivity index (χ3n) is 2.90. The Morgan fingerprint density at radius 2 is 1.82 bits per heavy atom. The second kappa shape index (κ2) is 4.84. The van der Waals surface area contributed by atoms with Gasteiger partial charge in [-0.25, -0.2) is 8.42 Å². The first-order valence-electron chi connectivity index (χ1n) is 5.57. The van der Waals surface area contributed by atoms with E-state index in [1.807, 2.05) is 0 Å². The van der Waals surface area contributed by atoms with Gasteiger partial charge in [0, 0.05) is 18.1 Å². The molecule has 0 bridgehead atoms. The van der Waals surface area contributed by atoms with Crippen molar-refractivity contribution in [2.24, 2.45) is 0 Å². The lowest BCUT2D eigenvalue weighted by Crippen LogP contribution is -2.35. The Morgan fingerprint density at radius 1 is 1.18 bits per heavy atom. The zero-order valence-corrected chi connectivity index (χ0v) is 11.0. The zero-order chi connectivity index (χ0) is 12.5. The monoisotopic (exact) mass is 274 g/mol. The summed E-state index contributed by atoms with van der Waals surface area (Å²) in [6, 6.07) is 4.49. The molecule has 4 nitrogen and oxygen atoms in total. The van der Waals surface area contributed by atoms with E-state index in [0.29, 0.717) is 18.1 Å². The topological polar surface area (TPSA) is 63.4 Å². The van der Waals surface area contributed by atoms with Crippen LogP contribution >= 0.6 is 11.6 Å². The number of nitrogens with two attached hydrogens (primary N) is 1. The normalized spacial score (nSPS) is 18.2. The first-order valence-corrected chi connectivity index (χ1v) is 7.39. The van der Waals surface area contributed by atoms with Crippen LogP contribution in [-0.4, -0.2) is 25.8 Å². The molecule has 0 amide bonds. The summed E-state index contributed by atoms with van der Waals surface area (Å²) in [7, 11) is -3.46. The molecule has 0 aromatic heterocycles. The number of benzene rings is 1. The Bertz CT molecular complexity index is 510. The first-order chi connectivity index (χ1) is 8.01. The predicted molar refractivity (Wildman–Crippen MR) is 68.5 cm³/mol. The molecule has 6 heteroatoms. The number of rotatable bonds is 2. The van der Waals surface area contributed by atoms with Gasteiger partial charge < -0.3 is 5.73 Å². The van der Waals surface area contributed by atoms with Crippen LogP contribution < -0.4 is 5.73 Å². The molecule has 1 aromatic rings. The van der Waals surface area contributed by atoms with Crippen molar-refractivity contribution in [3.05, 3.63) is 23.2 Å². The summed E-state index contributed by atoms with van der Waals surface area (Å²) in [6.45, 7) is 1.15. The van der Waals surface area contributed by atoms with E-state index in [4.69, 9.17) is 17.3 Å². The van der Waals surface area contributed by atoms with E-state index in [0.717, 1.165) is 19.3 Å². The lowest BCUT2D eigenvalue weighted by Gasteiger charge is -2.26. The van der Waals surface area contributed by atoms with Crippen LogP contribution in [0.3, 0.4) is 0 Å².